The number of amides is 1. The van der Waals surface area contributed by atoms with E-state index in [0.717, 1.165) is 25.6 Å². The number of ether oxygens (including phenoxy) is 1. The van der Waals surface area contributed by atoms with Crippen molar-refractivity contribution in [3.05, 3.63) is 76.6 Å². The molecule has 1 atom stereocenters. The molecule has 0 aliphatic carbocycles. The van der Waals surface area contributed by atoms with Gasteiger partial charge in [-0.2, -0.15) is 0 Å². The number of nitrogens with one attached hydrogen (secondary N) is 2. The standard InChI is InChI=1S/C20H20ClFN2O2.ClH/c21-17-12-16(22)6-7-18(17)26-19(15-4-2-1-3-5-15)20(25)24-13-14-8-10-23-11-9-14;/h1-8,12,19,23H,9-11,13H2,(H,24,25);1H. The monoisotopic (exact) mass is 410 g/mol. The summed E-state index contributed by atoms with van der Waals surface area (Å²) in [4.78, 5) is 12.8. The quantitative estimate of drug-likeness (QED) is 0.705. The van der Waals surface area contributed by atoms with Crippen molar-refractivity contribution >= 4 is 29.9 Å². The molecule has 2 aromatic rings. The lowest BCUT2D eigenvalue weighted by atomic mass is 10.1. The molecule has 3 rings (SSSR count). The molecule has 0 saturated heterocycles. The van der Waals surface area contributed by atoms with Crippen LogP contribution in [-0.4, -0.2) is 25.5 Å². The van der Waals surface area contributed by atoms with Gasteiger partial charge in [0.05, 0.1) is 5.02 Å². The molecule has 27 heavy (non-hydrogen) atoms. The van der Waals surface area contributed by atoms with E-state index in [1.54, 1.807) is 0 Å². The number of hydrogen-bond donors (Lipinski definition) is 2. The van der Waals surface area contributed by atoms with Crippen LogP contribution in [0.1, 0.15) is 18.1 Å². The third-order valence-electron chi connectivity index (χ3n) is 4.13. The van der Waals surface area contributed by atoms with Crippen molar-refractivity contribution < 1.29 is 13.9 Å². The van der Waals surface area contributed by atoms with E-state index in [0.29, 0.717) is 12.1 Å². The first-order valence-electron chi connectivity index (χ1n) is 8.46. The highest BCUT2D eigenvalue weighted by molar-refractivity contribution is 6.32. The van der Waals surface area contributed by atoms with E-state index in [9.17, 15) is 9.18 Å². The lowest BCUT2D eigenvalue weighted by Gasteiger charge is -2.21. The molecule has 0 spiro atoms. The maximum absolute atomic E-state index is 13.3. The van der Waals surface area contributed by atoms with Crippen LogP contribution in [0.15, 0.2) is 60.2 Å². The molecule has 4 nitrogen and oxygen atoms in total. The summed E-state index contributed by atoms with van der Waals surface area (Å²) in [5.74, 6) is -0.463. The van der Waals surface area contributed by atoms with Gasteiger partial charge in [-0.3, -0.25) is 4.79 Å². The molecule has 1 unspecified atom stereocenters. The molecule has 144 valence electrons. The summed E-state index contributed by atoms with van der Waals surface area (Å²) in [5.41, 5.74) is 1.88. The Kier molecular flexibility index (Phi) is 8.10. The van der Waals surface area contributed by atoms with Crippen LogP contribution in [0.3, 0.4) is 0 Å². The highest BCUT2D eigenvalue weighted by Crippen LogP contribution is 2.30. The zero-order valence-electron chi connectivity index (χ0n) is 14.6. The van der Waals surface area contributed by atoms with E-state index in [-0.39, 0.29) is 29.1 Å². The van der Waals surface area contributed by atoms with Crippen molar-refractivity contribution in [1.29, 1.82) is 0 Å². The number of rotatable bonds is 6. The predicted octanol–water partition coefficient (Wildman–Crippen LogP) is 4.06. The van der Waals surface area contributed by atoms with Crippen LogP contribution in [0.4, 0.5) is 4.39 Å². The Hall–Kier alpha value is -2.08. The van der Waals surface area contributed by atoms with Crippen molar-refractivity contribution in [2.45, 2.75) is 12.5 Å². The zero-order valence-corrected chi connectivity index (χ0v) is 16.2. The Labute approximate surface area is 169 Å². The number of carbonyl (C=O) groups excluding carboxylic acids is 1. The minimum Gasteiger partial charge on any atom is -0.474 e. The maximum atomic E-state index is 13.3. The van der Waals surface area contributed by atoms with E-state index >= 15 is 0 Å². The first kappa shape index (κ1) is 21.2. The number of benzene rings is 2. The molecule has 0 fully saturated rings. The van der Waals surface area contributed by atoms with Crippen LogP contribution in [0.2, 0.25) is 5.02 Å². The van der Waals surface area contributed by atoms with Gasteiger partial charge in [-0.15, -0.1) is 12.4 Å². The Morgan fingerprint density at radius 3 is 2.70 bits per heavy atom. The predicted molar refractivity (Wildman–Crippen MR) is 107 cm³/mol. The lowest BCUT2D eigenvalue weighted by Crippen LogP contribution is -2.35. The van der Waals surface area contributed by atoms with Gasteiger partial charge in [0.2, 0.25) is 6.10 Å². The summed E-state index contributed by atoms with van der Waals surface area (Å²) in [7, 11) is 0. The maximum Gasteiger partial charge on any atom is 0.266 e. The van der Waals surface area contributed by atoms with E-state index < -0.39 is 11.9 Å². The van der Waals surface area contributed by atoms with Crippen molar-refractivity contribution in [1.82, 2.24) is 10.6 Å². The van der Waals surface area contributed by atoms with Gasteiger partial charge in [0.1, 0.15) is 11.6 Å². The fraction of sp³-hybridized carbons (Fsp3) is 0.250. The van der Waals surface area contributed by atoms with E-state index in [2.05, 4.69) is 16.7 Å². The summed E-state index contributed by atoms with van der Waals surface area (Å²) in [6, 6.07) is 13.0. The van der Waals surface area contributed by atoms with E-state index in [1.165, 1.54) is 17.7 Å². The summed E-state index contributed by atoms with van der Waals surface area (Å²) in [6.07, 6.45) is 2.11. The normalized spacial score (nSPS) is 14.5. The second-order valence-corrected chi connectivity index (χ2v) is 6.42. The minimum absolute atomic E-state index is 0. The number of halogens is 3. The Bertz CT molecular complexity index is 800. The van der Waals surface area contributed by atoms with Gasteiger partial charge < -0.3 is 15.4 Å². The van der Waals surface area contributed by atoms with Crippen LogP contribution in [0.25, 0.3) is 0 Å². The fourth-order valence-corrected chi connectivity index (χ4v) is 2.93. The minimum atomic E-state index is -0.874. The third-order valence-corrected chi connectivity index (χ3v) is 4.42. The first-order chi connectivity index (χ1) is 12.6. The van der Waals surface area contributed by atoms with Gasteiger partial charge in [-0.05, 0) is 31.2 Å². The molecule has 1 amide bonds. The molecular weight excluding hydrogens is 390 g/mol. The van der Waals surface area contributed by atoms with Gasteiger partial charge in [-0.25, -0.2) is 4.39 Å². The molecule has 1 heterocycles. The molecule has 0 radical (unpaired) electrons. The summed E-state index contributed by atoms with van der Waals surface area (Å²) in [6.45, 7) is 2.20. The molecule has 0 saturated carbocycles. The second kappa shape index (κ2) is 10.3. The van der Waals surface area contributed by atoms with Gasteiger partial charge >= 0.3 is 0 Å². The Balaban J connectivity index is 0.00000261. The van der Waals surface area contributed by atoms with Crippen molar-refractivity contribution in [3.8, 4) is 5.75 Å². The summed E-state index contributed by atoms with van der Waals surface area (Å²) >= 11 is 6.05. The summed E-state index contributed by atoms with van der Waals surface area (Å²) in [5, 5.41) is 6.29. The average Bonchev–Trinajstić information content (AvgIpc) is 2.67. The smallest absolute Gasteiger partial charge is 0.266 e. The van der Waals surface area contributed by atoms with Gasteiger partial charge in [0.15, 0.2) is 0 Å². The topological polar surface area (TPSA) is 50.4 Å². The van der Waals surface area contributed by atoms with E-state index in [4.69, 9.17) is 16.3 Å². The lowest BCUT2D eigenvalue weighted by molar-refractivity contribution is -0.128. The van der Waals surface area contributed by atoms with Crippen molar-refractivity contribution in [2.75, 3.05) is 19.6 Å². The number of hydrogen-bond acceptors (Lipinski definition) is 3. The molecule has 2 aromatic carbocycles. The molecule has 0 bridgehead atoms. The van der Waals surface area contributed by atoms with E-state index in [1.807, 2.05) is 30.3 Å². The van der Waals surface area contributed by atoms with Gasteiger partial charge in [0.25, 0.3) is 5.91 Å². The van der Waals surface area contributed by atoms with Crippen molar-refractivity contribution in [3.63, 3.8) is 0 Å². The highest BCUT2D eigenvalue weighted by atomic mass is 35.5. The zero-order chi connectivity index (χ0) is 18.4. The highest BCUT2D eigenvalue weighted by Gasteiger charge is 2.23. The van der Waals surface area contributed by atoms with Crippen LogP contribution in [-0.2, 0) is 4.79 Å². The largest absolute Gasteiger partial charge is 0.474 e. The molecule has 7 heteroatoms. The average molecular weight is 411 g/mol. The summed E-state index contributed by atoms with van der Waals surface area (Å²) < 4.78 is 19.1. The van der Waals surface area contributed by atoms with Crippen LogP contribution < -0.4 is 15.4 Å². The number of carbonyl (C=O) groups is 1. The van der Waals surface area contributed by atoms with Crippen LogP contribution in [0.5, 0.6) is 5.75 Å². The Morgan fingerprint density at radius 2 is 2.04 bits per heavy atom. The van der Waals surface area contributed by atoms with Gasteiger partial charge in [0, 0.05) is 18.7 Å². The van der Waals surface area contributed by atoms with Crippen LogP contribution >= 0.6 is 24.0 Å². The van der Waals surface area contributed by atoms with Crippen molar-refractivity contribution in [2.24, 2.45) is 0 Å². The molecule has 1 aliphatic rings. The Morgan fingerprint density at radius 1 is 1.26 bits per heavy atom. The SMILES string of the molecule is Cl.O=C(NCC1=CCNCC1)C(Oc1ccc(F)cc1Cl)c1ccccc1. The van der Waals surface area contributed by atoms with Gasteiger partial charge in [-0.1, -0.05) is 53.6 Å². The first-order valence-corrected chi connectivity index (χ1v) is 8.84. The third kappa shape index (κ3) is 5.96. The molecule has 1 aliphatic heterocycles. The molecule has 0 aromatic heterocycles. The second-order valence-electron chi connectivity index (χ2n) is 6.02. The van der Waals surface area contributed by atoms with Crippen LogP contribution in [0, 0.1) is 5.82 Å². The molecular formula is C20H21Cl2FN2O2. The fourth-order valence-electron chi connectivity index (χ4n) is 2.72. The molecule has 2 N–H and O–H groups in total.